The topological polar surface area (TPSA) is 38.1 Å². The number of benzene rings is 3. The molecule has 0 fully saturated rings. The Hall–Kier alpha value is -2.62. The Morgan fingerprint density at radius 3 is 2.42 bits per heavy atom. The SMILES string of the molecule is CC(C)(O)c1ccccc1-c1ccc2c(cnn2-c2ccc(Cl)cc2)c1. The molecule has 0 spiro atoms. The Bertz CT molecular complexity index is 1080. The Morgan fingerprint density at radius 1 is 0.962 bits per heavy atom. The first-order valence-electron chi connectivity index (χ1n) is 8.49. The Balaban J connectivity index is 1.83. The molecule has 4 aromatic rings. The van der Waals surface area contributed by atoms with Crippen molar-refractivity contribution in [3.05, 3.63) is 83.5 Å². The summed E-state index contributed by atoms with van der Waals surface area (Å²) in [6, 6.07) is 21.8. The van der Waals surface area contributed by atoms with Crippen molar-refractivity contribution in [3.8, 4) is 16.8 Å². The van der Waals surface area contributed by atoms with Crippen LogP contribution in [0.4, 0.5) is 0 Å². The molecule has 1 aromatic heterocycles. The monoisotopic (exact) mass is 362 g/mol. The van der Waals surface area contributed by atoms with Crippen LogP contribution in [-0.4, -0.2) is 14.9 Å². The van der Waals surface area contributed by atoms with Gasteiger partial charge in [-0.3, -0.25) is 0 Å². The van der Waals surface area contributed by atoms with E-state index in [0.29, 0.717) is 5.02 Å². The van der Waals surface area contributed by atoms with Crippen LogP contribution in [0.25, 0.3) is 27.7 Å². The summed E-state index contributed by atoms with van der Waals surface area (Å²) in [7, 11) is 0. The van der Waals surface area contributed by atoms with E-state index in [1.807, 2.05) is 73.3 Å². The van der Waals surface area contributed by atoms with Crippen molar-refractivity contribution < 1.29 is 5.11 Å². The molecule has 0 atom stereocenters. The summed E-state index contributed by atoms with van der Waals surface area (Å²) < 4.78 is 1.90. The molecule has 26 heavy (non-hydrogen) atoms. The van der Waals surface area contributed by atoms with Gasteiger partial charge in [0.05, 0.1) is 23.0 Å². The zero-order chi connectivity index (χ0) is 18.3. The Kier molecular flexibility index (Phi) is 4.06. The highest BCUT2D eigenvalue weighted by Gasteiger charge is 2.20. The van der Waals surface area contributed by atoms with Gasteiger partial charge in [-0.25, -0.2) is 4.68 Å². The molecular weight excluding hydrogens is 344 g/mol. The zero-order valence-corrected chi connectivity index (χ0v) is 15.4. The van der Waals surface area contributed by atoms with Gasteiger partial charge in [0.15, 0.2) is 0 Å². The third-order valence-corrected chi connectivity index (χ3v) is 4.79. The smallest absolute Gasteiger partial charge is 0.0846 e. The van der Waals surface area contributed by atoms with Crippen LogP contribution in [0.1, 0.15) is 19.4 Å². The first-order chi connectivity index (χ1) is 12.4. The molecule has 1 heterocycles. The summed E-state index contributed by atoms with van der Waals surface area (Å²) in [5.74, 6) is 0. The van der Waals surface area contributed by atoms with Crippen molar-refractivity contribution in [2.75, 3.05) is 0 Å². The number of aliphatic hydroxyl groups is 1. The Labute approximate surface area is 157 Å². The van der Waals surface area contributed by atoms with Gasteiger partial charge in [-0.15, -0.1) is 0 Å². The minimum absolute atomic E-state index is 0.704. The molecule has 4 heteroatoms. The van der Waals surface area contributed by atoms with Crippen LogP contribution in [0.15, 0.2) is 72.9 Å². The highest BCUT2D eigenvalue weighted by Crippen LogP contribution is 2.33. The fourth-order valence-corrected chi connectivity index (χ4v) is 3.38. The minimum Gasteiger partial charge on any atom is -0.386 e. The molecule has 130 valence electrons. The first kappa shape index (κ1) is 16.8. The average molecular weight is 363 g/mol. The molecule has 0 unspecified atom stereocenters. The summed E-state index contributed by atoms with van der Waals surface area (Å²) in [6.45, 7) is 3.62. The fraction of sp³-hybridized carbons (Fsp3) is 0.136. The van der Waals surface area contributed by atoms with E-state index in [2.05, 4.69) is 23.3 Å². The standard InChI is InChI=1S/C22H19ClN2O/c1-22(2,26)20-6-4-3-5-19(20)15-7-12-21-16(13-15)14-24-25(21)18-10-8-17(23)9-11-18/h3-14,26H,1-2H3. The minimum atomic E-state index is -0.904. The Morgan fingerprint density at radius 2 is 1.69 bits per heavy atom. The maximum atomic E-state index is 10.5. The van der Waals surface area contributed by atoms with Gasteiger partial charge in [-0.05, 0) is 66.9 Å². The van der Waals surface area contributed by atoms with Crippen LogP contribution in [0, 0.1) is 0 Å². The van der Waals surface area contributed by atoms with Crippen molar-refractivity contribution in [2.24, 2.45) is 0 Å². The molecule has 0 bridgehead atoms. The van der Waals surface area contributed by atoms with Gasteiger partial charge in [0.25, 0.3) is 0 Å². The van der Waals surface area contributed by atoms with E-state index in [1.54, 1.807) is 0 Å². The van der Waals surface area contributed by atoms with Gasteiger partial charge in [-0.1, -0.05) is 41.9 Å². The van der Waals surface area contributed by atoms with Crippen LogP contribution in [-0.2, 0) is 5.60 Å². The molecule has 0 aliphatic heterocycles. The van der Waals surface area contributed by atoms with E-state index in [9.17, 15) is 5.11 Å². The van der Waals surface area contributed by atoms with Crippen molar-refractivity contribution >= 4 is 22.5 Å². The molecule has 4 rings (SSSR count). The van der Waals surface area contributed by atoms with E-state index in [0.717, 1.165) is 33.3 Å². The lowest BCUT2D eigenvalue weighted by atomic mass is 9.89. The lowest BCUT2D eigenvalue weighted by Gasteiger charge is -2.21. The summed E-state index contributed by atoms with van der Waals surface area (Å²) in [6.07, 6.45) is 1.86. The lowest BCUT2D eigenvalue weighted by Crippen LogP contribution is -2.16. The average Bonchev–Trinajstić information content (AvgIpc) is 3.05. The quantitative estimate of drug-likeness (QED) is 0.517. The van der Waals surface area contributed by atoms with Gasteiger partial charge in [0, 0.05) is 10.4 Å². The van der Waals surface area contributed by atoms with E-state index in [4.69, 9.17) is 11.6 Å². The number of hydrogen-bond donors (Lipinski definition) is 1. The summed E-state index contributed by atoms with van der Waals surface area (Å²) in [5.41, 5.74) is 4.08. The molecular formula is C22H19ClN2O. The molecule has 0 aliphatic carbocycles. The van der Waals surface area contributed by atoms with Crippen LogP contribution >= 0.6 is 11.6 Å². The second kappa shape index (κ2) is 6.27. The number of aromatic nitrogens is 2. The van der Waals surface area contributed by atoms with Gasteiger partial charge in [0.2, 0.25) is 0 Å². The van der Waals surface area contributed by atoms with Crippen molar-refractivity contribution in [2.45, 2.75) is 19.4 Å². The molecule has 0 saturated heterocycles. The van der Waals surface area contributed by atoms with E-state index >= 15 is 0 Å². The number of nitrogens with zero attached hydrogens (tertiary/aromatic N) is 2. The number of halogens is 1. The van der Waals surface area contributed by atoms with Crippen molar-refractivity contribution in [3.63, 3.8) is 0 Å². The molecule has 3 aromatic carbocycles. The normalized spacial score (nSPS) is 11.8. The van der Waals surface area contributed by atoms with Crippen LogP contribution in [0.3, 0.4) is 0 Å². The van der Waals surface area contributed by atoms with Crippen molar-refractivity contribution in [1.82, 2.24) is 9.78 Å². The van der Waals surface area contributed by atoms with Gasteiger partial charge < -0.3 is 5.11 Å². The molecule has 3 nitrogen and oxygen atoms in total. The predicted octanol–water partition coefficient (Wildman–Crippen LogP) is 5.57. The van der Waals surface area contributed by atoms with E-state index in [1.165, 1.54) is 0 Å². The van der Waals surface area contributed by atoms with Gasteiger partial charge in [-0.2, -0.15) is 5.10 Å². The second-order valence-corrected chi connectivity index (χ2v) is 7.35. The van der Waals surface area contributed by atoms with Crippen LogP contribution in [0.5, 0.6) is 0 Å². The first-order valence-corrected chi connectivity index (χ1v) is 8.87. The van der Waals surface area contributed by atoms with Gasteiger partial charge in [0.1, 0.15) is 0 Å². The second-order valence-electron chi connectivity index (χ2n) is 6.91. The molecule has 0 aliphatic rings. The number of fused-ring (bicyclic) bond motifs is 1. The third kappa shape index (κ3) is 3.00. The number of hydrogen-bond acceptors (Lipinski definition) is 2. The predicted molar refractivity (Wildman–Crippen MR) is 107 cm³/mol. The summed E-state index contributed by atoms with van der Waals surface area (Å²) >= 11 is 5.98. The molecule has 0 amide bonds. The molecule has 0 radical (unpaired) electrons. The maximum absolute atomic E-state index is 10.5. The summed E-state index contributed by atoms with van der Waals surface area (Å²) in [5, 5.41) is 16.8. The highest BCUT2D eigenvalue weighted by molar-refractivity contribution is 6.30. The summed E-state index contributed by atoms with van der Waals surface area (Å²) in [4.78, 5) is 0. The van der Waals surface area contributed by atoms with Crippen LogP contribution in [0.2, 0.25) is 5.02 Å². The lowest BCUT2D eigenvalue weighted by molar-refractivity contribution is 0.0792. The van der Waals surface area contributed by atoms with E-state index in [-0.39, 0.29) is 0 Å². The number of rotatable bonds is 3. The highest BCUT2D eigenvalue weighted by atomic mass is 35.5. The zero-order valence-electron chi connectivity index (χ0n) is 14.6. The third-order valence-electron chi connectivity index (χ3n) is 4.54. The van der Waals surface area contributed by atoms with E-state index < -0.39 is 5.60 Å². The fourth-order valence-electron chi connectivity index (χ4n) is 3.26. The molecule has 1 N–H and O–H groups in total. The van der Waals surface area contributed by atoms with Gasteiger partial charge >= 0.3 is 0 Å². The maximum Gasteiger partial charge on any atom is 0.0846 e. The molecule has 0 saturated carbocycles. The van der Waals surface area contributed by atoms with Crippen molar-refractivity contribution in [1.29, 1.82) is 0 Å². The largest absolute Gasteiger partial charge is 0.386 e. The van der Waals surface area contributed by atoms with Crippen LogP contribution < -0.4 is 0 Å².